The molecule has 0 fully saturated rings. The van der Waals surface area contributed by atoms with E-state index in [9.17, 15) is 14.4 Å². The van der Waals surface area contributed by atoms with Gasteiger partial charge in [-0.3, -0.25) is 14.9 Å². The lowest BCUT2D eigenvalue weighted by atomic mass is 9.97. The molecule has 1 aliphatic heterocycles. The fourth-order valence-electron chi connectivity index (χ4n) is 6.24. The Morgan fingerprint density at radius 1 is 0.818 bits per heavy atom. The minimum Gasteiger partial charge on any atom is -0.431 e. The van der Waals surface area contributed by atoms with Crippen molar-refractivity contribution in [2.24, 2.45) is 0 Å². The number of carbonyl (C=O) groups excluding carboxylic acids is 2. The van der Waals surface area contributed by atoms with Gasteiger partial charge in [-0.15, -0.1) is 0 Å². The molecule has 8 nitrogen and oxygen atoms in total. The predicted octanol–water partition coefficient (Wildman–Crippen LogP) is 4.52. The van der Waals surface area contributed by atoms with E-state index in [-0.39, 0.29) is 21.7 Å². The number of aryl methyl sites for hydroxylation is 1. The predicted molar refractivity (Wildman–Crippen MR) is 173 cm³/mol. The summed E-state index contributed by atoms with van der Waals surface area (Å²) >= 11 is 0. The van der Waals surface area contributed by atoms with Gasteiger partial charge in [-0.25, -0.2) is 9.78 Å². The monoisotopic (exact) mass is 603 g/mol. The molecule has 44 heavy (non-hydrogen) atoms. The van der Waals surface area contributed by atoms with Gasteiger partial charge in [0.15, 0.2) is 0 Å². The molecule has 0 unspecified atom stereocenters. The number of rotatable bonds is 9. The van der Waals surface area contributed by atoms with E-state index in [0.29, 0.717) is 36.2 Å². The molecule has 4 heterocycles. The van der Waals surface area contributed by atoms with Crippen LogP contribution in [0.1, 0.15) is 38.3 Å². The van der Waals surface area contributed by atoms with Crippen LogP contribution in [-0.2, 0) is 20.6 Å². The van der Waals surface area contributed by atoms with Gasteiger partial charge >= 0.3 is 5.63 Å². The molecule has 222 valence electrons. The molecule has 0 spiro atoms. The lowest BCUT2D eigenvalue weighted by molar-refractivity contribution is -0.122. The van der Waals surface area contributed by atoms with Crippen LogP contribution in [0.5, 0.6) is 0 Å². The van der Waals surface area contributed by atoms with E-state index in [4.69, 9.17) is 8.84 Å². The highest BCUT2D eigenvalue weighted by Gasteiger charge is 2.50. The minimum atomic E-state index is -2.69. The van der Waals surface area contributed by atoms with Gasteiger partial charge in [-0.2, -0.15) is 0 Å². The van der Waals surface area contributed by atoms with Crippen LogP contribution < -0.4 is 21.3 Å². The number of aromatic nitrogens is 2. The lowest BCUT2D eigenvalue weighted by Gasteiger charge is -2.43. The Hall–Kier alpha value is -4.86. The van der Waals surface area contributed by atoms with Gasteiger partial charge in [0.1, 0.15) is 5.65 Å². The molecular weight excluding hydrogens is 570 g/mol. The van der Waals surface area contributed by atoms with Crippen LogP contribution in [-0.4, -0.2) is 36.3 Å². The van der Waals surface area contributed by atoms with Crippen molar-refractivity contribution in [2.75, 3.05) is 6.61 Å². The molecule has 0 atom stereocenters. The van der Waals surface area contributed by atoms with Crippen molar-refractivity contribution in [1.82, 2.24) is 14.9 Å². The zero-order valence-electron chi connectivity index (χ0n) is 24.9. The Morgan fingerprint density at radius 3 is 2.07 bits per heavy atom. The number of hydrogen-bond acceptors (Lipinski definition) is 6. The Bertz CT molecular complexity index is 1900. The third kappa shape index (κ3) is 5.04. The van der Waals surface area contributed by atoms with E-state index >= 15 is 0 Å². The first-order chi connectivity index (χ1) is 21.2. The molecule has 0 saturated heterocycles. The van der Waals surface area contributed by atoms with Crippen molar-refractivity contribution in [1.29, 1.82) is 0 Å². The highest BCUT2D eigenvalue weighted by atomic mass is 28.4. The van der Waals surface area contributed by atoms with Crippen LogP contribution in [0.3, 0.4) is 0 Å². The standard InChI is InChI=1S/C35H33N3O5Si/c1-35(2,3)44(24-13-6-4-7-14-24,25-15-8-5-9-16-25)43-22-12-20-38-23-28(26-17-10-19-36-31(26)38)30-29(32(39)37-33(30)40)27-18-11-21-42-34(27)41/h4-11,13-19,21,23H,12,20,22H2,1-3H3,(H,37,39,40). The largest absolute Gasteiger partial charge is 0.431 e. The summed E-state index contributed by atoms with van der Waals surface area (Å²) in [5.41, 5.74) is 0.687. The maximum Gasteiger partial charge on any atom is 0.343 e. The van der Waals surface area contributed by atoms with Crippen LogP contribution in [0.15, 0.2) is 113 Å². The van der Waals surface area contributed by atoms with Crippen molar-refractivity contribution in [3.05, 3.63) is 125 Å². The second kappa shape index (κ2) is 11.7. The number of amides is 2. The Kier molecular flexibility index (Phi) is 7.75. The first-order valence-corrected chi connectivity index (χ1v) is 16.5. The summed E-state index contributed by atoms with van der Waals surface area (Å²) in [7, 11) is -2.69. The molecule has 2 aromatic carbocycles. The molecule has 1 aliphatic rings. The van der Waals surface area contributed by atoms with Crippen molar-refractivity contribution in [3.8, 4) is 0 Å². The number of nitrogens with one attached hydrogen (secondary N) is 1. The molecule has 0 saturated carbocycles. The Balaban J connectivity index is 1.34. The molecule has 6 rings (SSSR count). The van der Waals surface area contributed by atoms with Crippen molar-refractivity contribution in [3.63, 3.8) is 0 Å². The average molecular weight is 604 g/mol. The van der Waals surface area contributed by atoms with Crippen molar-refractivity contribution < 1.29 is 18.4 Å². The van der Waals surface area contributed by atoms with Gasteiger partial charge in [0.2, 0.25) is 0 Å². The summed E-state index contributed by atoms with van der Waals surface area (Å²) < 4.78 is 14.1. The number of pyridine rings is 1. The van der Waals surface area contributed by atoms with Crippen LogP contribution >= 0.6 is 0 Å². The minimum absolute atomic E-state index is 0.00210. The lowest BCUT2D eigenvalue weighted by Crippen LogP contribution is -2.66. The van der Waals surface area contributed by atoms with Gasteiger partial charge in [0, 0.05) is 36.5 Å². The molecule has 5 aromatic rings. The molecule has 0 bridgehead atoms. The smallest absolute Gasteiger partial charge is 0.343 e. The Morgan fingerprint density at radius 2 is 1.45 bits per heavy atom. The zero-order chi connectivity index (χ0) is 30.9. The van der Waals surface area contributed by atoms with Gasteiger partial charge in [0.05, 0.1) is 23.0 Å². The molecule has 0 aliphatic carbocycles. The van der Waals surface area contributed by atoms with Gasteiger partial charge in [0.25, 0.3) is 20.1 Å². The summed E-state index contributed by atoms with van der Waals surface area (Å²) in [5.74, 6) is -1.20. The first-order valence-electron chi connectivity index (χ1n) is 14.6. The number of fused-ring (bicyclic) bond motifs is 1. The second-order valence-electron chi connectivity index (χ2n) is 11.8. The van der Waals surface area contributed by atoms with Gasteiger partial charge < -0.3 is 13.4 Å². The third-order valence-corrected chi connectivity index (χ3v) is 13.2. The molecule has 1 N–H and O–H groups in total. The number of nitrogens with zero attached hydrogens (tertiary/aromatic N) is 2. The van der Waals surface area contributed by atoms with Crippen LogP contribution in [0.25, 0.3) is 22.2 Å². The summed E-state index contributed by atoms with van der Waals surface area (Å²) in [4.78, 5) is 43.1. The van der Waals surface area contributed by atoms with Crippen molar-refractivity contribution in [2.45, 2.75) is 38.8 Å². The number of imide groups is 1. The number of hydrogen-bond donors (Lipinski definition) is 1. The van der Waals surface area contributed by atoms with E-state index in [0.717, 1.165) is 0 Å². The highest BCUT2D eigenvalue weighted by Crippen LogP contribution is 2.37. The van der Waals surface area contributed by atoms with Crippen LogP contribution in [0.4, 0.5) is 0 Å². The topological polar surface area (TPSA) is 103 Å². The van der Waals surface area contributed by atoms with E-state index in [1.54, 1.807) is 12.3 Å². The van der Waals surface area contributed by atoms with Gasteiger partial charge in [-0.05, 0) is 46.1 Å². The molecule has 9 heteroatoms. The maximum atomic E-state index is 13.1. The third-order valence-electron chi connectivity index (χ3n) is 8.12. The molecule has 3 aromatic heterocycles. The van der Waals surface area contributed by atoms with E-state index in [1.807, 2.05) is 29.0 Å². The molecular formula is C35H33N3O5Si. The summed E-state index contributed by atoms with van der Waals surface area (Å²) in [6, 6.07) is 27.7. The quantitative estimate of drug-likeness (QED) is 0.151. The van der Waals surface area contributed by atoms with Crippen LogP contribution in [0.2, 0.25) is 5.04 Å². The first kappa shape index (κ1) is 29.2. The van der Waals surface area contributed by atoms with E-state index in [1.165, 1.54) is 28.8 Å². The van der Waals surface area contributed by atoms with E-state index < -0.39 is 25.8 Å². The average Bonchev–Trinajstić information content (AvgIpc) is 3.53. The molecule has 0 radical (unpaired) electrons. The second-order valence-corrected chi connectivity index (χ2v) is 16.1. The number of benzene rings is 2. The SMILES string of the molecule is CC(C)(C)[Si](OCCCn1cc(C2=C(c3cccoc3=O)C(=O)NC2=O)c2cccnc21)(c1ccccc1)c1ccccc1. The molecule has 2 amide bonds. The summed E-state index contributed by atoms with van der Waals surface area (Å²) in [6.45, 7) is 7.83. The fraction of sp³-hybridized carbons (Fsp3) is 0.200. The summed E-state index contributed by atoms with van der Waals surface area (Å²) in [5, 5.41) is 5.36. The van der Waals surface area contributed by atoms with Crippen LogP contribution in [0, 0.1) is 0 Å². The Labute approximate surface area is 256 Å². The van der Waals surface area contributed by atoms with E-state index in [2.05, 4.69) is 79.6 Å². The van der Waals surface area contributed by atoms with Gasteiger partial charge in [-0.1, -0.05) is 81.4 Å². The summed E-state index contributed by atoms with van der Waals surface area (Å²) in [6.07, 6.45) is 5.45. The number of carbonyl (C=O) groups is 2. The fourth-order valence-corrected chi connectivity index (χ4v) is 10.8. The highest BCUT2D eigenvalue weighted by molar-refractivity contribution is 6.99. The zero-order valence-corrected chi connectivity index (χ0v) is 25.9. The van der Waals surface area contributed by atoms with Crippen molar-refractivity contribution >= 4 is 52.7 Å². The maximum absolute atomic E-state index is 13.1. The normalized spacial score (nSPS) is 14.0.